The predicted molar refractivity (Wildman–Crippen MR) is 55.9 cm³/mol. The Balaban J connectivity index is 0.00000200. The minimum Gasteiger partial charge on any atom is -1.00 e. The Bertz CT molecular complexity index is 465. The first kappa shape index (κ1) is 14.8. The van der Waals surface area contributed by atoms with Crippen molar-refractivity contribution in [2.75, 3.05) is 0 Å². The van der Waals surface area contributed by atoms with E-state index >= 15 is 0 Å². The Morgan fingerprint density at radius 2 is 1.16 bits per heavy atom. The molecule has 0 bridgehead atoms. The van der Waals surface area contributed by atoms with Crippen LogP contribution in [0.15, 0.2) is 42.0 Å². The second-order valence-corrected chi connectivity index (χ2v) is 7.70. The molecule has 0 N–H and O–H groups in total. The zero-order chi connectivity index (χ0) is 14.3. The molecule has 0 spiro atoms. The van der Waals surface area contributed by atoms with Crippen LogP contribution >= 0.6 is 0 Å². The van der Waals surface area contributed by atoms with Gasteiger partial charge in [0, 0.05) is 0 Å². The van der Waals surface area contributed by atoms with Gasteiger partial charge in [0.25, 0.3) is 0 Å². The van der Waals surface area contributed by atoms with Gasteiger partial charge in [0.2, 0.25) is 0 Å². The summed E-state index contributed by atoms with van der Waals surface area (Å²) in [6.07, 6.45) is -3.96. The van der Waals surface area contributed by atoms with Gasteiger partial charge in [-0.3, -0.25) is 0 Å². The zero-order valence-electron chi connectivity index (χ0n) is 11.5. The number of rotatable bonds is 2. The first-order chi connectivity index (χ1) is 8.69. The first-order valence-electron chi connectivity index (χ1n) is 5.40. The molecule has 0 radical (unpaired) electrons. The van der Waals surface area contributed by atoms with Crippen molar-refractivity contribution in [2.24, 2.45) is 0 Å². The van der Waals surface area contributed by atoms with Crippen molar-refractivity contribution in [3.8, 4) is 0 Å². The van der Waals surface area contributed by atoms with Crippen LogP contribution in [-0.2, 0) is 23.2 Å². The van der Waals surface area contributed by atoms with Gasteiger partial charge < -0.3 is 2.85 Å². The quantitative estimate of drug-likeness (QED) is 0.619. The number of alkyl halides is 6. The maximum Gasteiger partial charge on any atom is -1.00 e. The molecule has 0 aromatic heterocycles. The summed E-state index contributed by atoms with van der Waals surface area (Å²) in [5, 5.41) is 0. The molecule has 19 heavy (non-hydrogen) atoms. The van der Waals surface area contributed by atoms with Crippen LogP contribution in [0, 0.1) is 0 Å². The van der Waals surface area contributed by atoms with E-state index in [1.54, 1.807) is 0 Å². The Labute approximate surface area is 120 Å². The van der Waals surface area contributed by atoms with Crippen LogP contribution in [0.25, 0.3) is 0 Å². The molecule has 0 nitrogen and oxygen atoms in total. The number of hydrogen-bond acceptors (Lipinski definition) is 0. The van der Waals surface area contributed by atoms with Gasteiger partial charge in [-0.1, -0.05) is 0 Å². The summed E-state index contributed by atoms with van der Waals surface area (Å²) in [6, 6.07) is 0. The molecule has 0 saturated heterocycles. The molecule has 0 aromatic carbocycles. The molecular formula is C12H10F6Zr. The van der Waals surface area contributed by atoms with Gasteiger partial charge >= 0.3 is 117 Å². The van der Waals surface area contributed by atoms with E-state index in [0.717, 1.165) is 12.2 Å². The SMILES string of the molecule is FC(F)(F)C1=[C]([Zr+2][C]2=C(C(F)(F)F)C=CC2)CC=C1.[H-].[H-]. The van der Waals surface area contributed by atoms with Gasteiger partial charge in [-0.15, -0.1) is 0 Å². The molecule has 0 amide bonds. The fraction of sp³-hybridized carbons (Fsp3) is 0.333. The monoisotopic (exact) mass is 358 g/mol. The van der Waals surface area contributed by atoms with E-state index in [2.05, 4.69) is 0 Å². The van der Waals surface area contributed by atoms with E-state index in [4.69, 9.17) is 0 Å². The average Bonchev–Trinajstić information content (AvgIpc) is 2.83. The Morgan fingerprint density at radius 3 is 1.47 bits per heavy atom. The molecule has 2 aliphatic carbocycles. The van der Waals surface area contributed by atoms with E-state index in [1.165, 1.54) is 12.2 Å². The van der Waals surface area contributed by atoms with Crippen molar-refractivity contribution >= 4 is 0 Å². The third-order valence-corrected chi connectivity index (χ3v) is 6.59. The Hall–Kier alpha value is -0.577. The molecule has 2 aliphatic rings. The van der Waals surface area contributed by atoms with E-state index in [-0.39, 0.29) is 22.3 Å². The van der Waals surface area contributed by atoms with Gasteiger partial charge in [0.1, 0.15) is 0 Å². The molecule has 0 unspecified atom stereocenters. The van der Waals surface area contributed by atoms with Crippen molar-refractivity contribution < 1.29 is 52.4 Å². The van der Waals surface area contributed by atoms with E-state index in [9.17, 15) is 26.3 Å². The normalized spacial score (nSPS) is 19.7. The fourth-order valence-electron chi connectivity index (χ4n) is 1.96. The summed E-state index contributed by atoms with van der Waals surface area (Å²) in [5.74, 6) is 0. The van der Waals surface area contributed by atoms with Crippen LogP contribution in [0.2, 0.25) is 0 Å². The van der Waals surface area contributed by atoms with Crippen molar-refractivity contribution in [2.45, 2.75) is 25.2 Å². The third kappa shape index (κ3) is 3.30. The number of halogens is 6. The van der Waals surface area contributed by atoms with E-state index in [1.807, 2.05) is 0 Å². The standard InChI is InChI=1S/2C6H4F3.Zr.2H/c2*7-6(8,9)5-3-1-2-4-5;;;/h2*1,3H,2H2;;;/q;;+2;2*-1. The zero-order valence-corrected chi connectivity index (χ0v) is 11.9. The summed E-state index contributed by atoms with van der Waals surface area (Å²) in [5.41, 5.74) is -1.47. The summed E-state index contributed by atoms with van der Waals surface area (Å²) in [7, 11) is 0. The van der Waals surface area contributed by atoms with Crippen LogP contribution in [0.4, 0.5) is 26.3 Å². The van der Waals surface area contributed by atoms with Gasteiger partial charge in [-0.05, 0) is 0 Å². The Morgan fingerprint density at radius 1 is 0.789 bits per heavy atom. The molecule has 2 rings (SSSR count). The van der Waals surface area contributed by atoms with Crippen molar-refractivity contribution in [1.82, 2.24) is 0 Å². The predicted octanol–water partition coefficient (Wildman–Crippen LogP) is 4.85. The Kier molecular flexibility index (Phi) is 3.96. The van der Waals surface area contributed by atoms with Gasteiger partial charge in [-0.25, -0.2) is 0 Å². The van der Waals surface area contributed by atoms with Crippen molar-refractivity contribution in [1.29, 1.82) is 0 Å². The minimum atomic E-state index is -4.46. The molecule has 0 aliphatic heterocycles. The number of allylic oxidation sites excluding steroid dienone is 8. The summed E-state index contributed by atoms with van der Waals surface area (Å²) in [6.45, 7) is 0. The van der Waals surface area contributed by atoms with Gasteiger partial charge in [-0.2, -0.15) is 0 Å². The van der Waals surface area contributed by atoms with Crippen molar-refractivity contribution in [3.63, 3.8) is 0 Å². The van der Waals surface area contributed by atoms with Crippen molar-refractivity contribution in [3.05, 3.63) is 42.0 Å². The maximum atomic E-state index is 12.7. The topological polar surface area (TPSA) is 0 Å². The summed E-state index contributed by atoms with van der Waals surface area (Å²) in [4.78, 5) is 0. The van der Waals surface area contributed by atoms with Crippen LogP contribution in [-0.4, -0.2) is 12.4 Å². The van der Waals surface area contributed by atoms with E-state index in [0.29, 0.717) is 0 Å². The van der Waals surface area contributed by atoms with Gasteiger partial charge in [0.05, 0.1) is 0 Å². The smallest absolute Gasteiger partial charge is 1.00 e. The largest absolute Gasteiger partial charge is 1.00 e. The number of hydrogen-bond donors (Lipinski definition) is 0. The maximum absolute atomic E-state index is 12.7. The van der Waals surface area contributed by atoms with Crippen LogP contribution in [0.1, 0.15) is 15.7 Å². The molecule has 0 atom stereocenters. The van der Waals surface area contributed by atoms with Gasteiger partial charge in [0.15, 0.2) is 0 Å². The average molecular weight is 359 g/mol. The first-order valence-corrected chi connectivity index (χ1v) is 7.86. The summed E-state index contributed by atoms with van der Waals surface area (Å²) >= 11 is -2.01. The molecule has 0 saturated carbocycles. The van der Waals surface area contributed by atoms with Crippen LogP contribution < -0.4 is 0 Å². The summed E-state index contributed by atoms with van der Waals surface area (Å²) < 4.78 is 76.4. The minimum absolute atomic E-state index is 0. The molecule has 0 heterocycles. The fourth-order valence-corrected chi connectivity index (χ4v) is 5.71. The molecular weight excluding hydrogens is 349 g/mol. The molecule has 104 valence electrons. The van der Waals surface area contributed by atoms with Crippen LogP contribution in [0.3, 0.4) is 0 Å². The second kappa shape index (κ2) is 5.08. The third-order valence-electron chi connectivity index (χ3n) is 2.78. The molecule has 0 fully saturated rings. The van der Waals surface area contributed by atoms with Crippen LogP contribution in [0.5, 0.6) is 0 Å². The molecule has 0 aromatic rings. The van der Waals surface area contributed by atoms with E-state index < -0.39 is 46.7 Å². The molecule has 7 heteroatoms. The second-order valence-electron chi connectivity index (χ2n) is 4.12.